The Morgan fingerprint density at radius 2 is 2.05 bits per heavy atom. The maximum absolute atomic E-state index is 11.6. The van der Waals surface area contributed by atoms with Gasteiger partial charge in [0, 0.05) is 51.3 Å². The number of nitrogens with zero attached hydrogens (tertiary/aromatic N) is 3. The van der Waals surface area contributed by atoms with E-state index in [9.17, 15) is 20.0 Å². The van der Waals surface area contributed by atoms with E-state index in [2.05, 4.69) is 4.90 Å². The molecule has 1 amide bonds. The van der Waals surface area contributed by atoms with Crippen molar-refractivity contribution in [3.63, 3.8) is 0 Å². The molecule has 22 heavy (non-hydrogen) atoms. The standard InChI is InChI=1S/C15H21N3O4/c1-2-15(20)17-8-6-16(7-9-17)11-14(19)12-4-3-5-13(10-12)18(21)22/h3-5,10,14,19H,2,6-9,11H2,1H3/t14-/m1/s1. The van der Waals surface area contributed by atoms with Crippen LogP contribution in [-0.2, 0) is 4.79 Å². The predicted octanol–water partition coefficient (Wildman–Crippen LogP) is 1.18. The number of piperazine rings is 1. The molecule has 0 unspecified atom stereocenters. The third-order valence-corrected chi connectivity index (χ3v) is 3.92. The van der Waals surface area contributed by atoms with Crippen LogP contribution in [0.15, 0.2) is 24.3 Å². The quantitative estimate of drug-likeness (QED) is 0.652. The highest BCUT2D eigenvalue weighted by molar-refractivity contribution is 5.75. The van der Waals surface area contributed by atoms with Crippen molar-refractivity contribution < 1.29 is 14.8 Å². The van der Waals surface area contributed by atoms with Crippen molar-refractivity contribution in [3.05, 3.63) is 39.9 Å². The molecule has 0 radical (unpaired) electrons. The number of β-amino-alcohol motifs (C(OH)–C–C–N with tert-alkyl or cyclic N) is 1. The molecule has 7 nitrogen and oxygen atoms in total. The van der Waals surface area contributed by atoms with Crippen LogP contribution in [0.4, 0.5) is 5.69 Å². The highest BCUT2D eigenvalue weighted by Gasteiger charge is 2.22. The van der Waals surface area contributed by atoms with Gasteiger partial charge in [-0.2, -0.15) is 0 Å². The van der Waals surface area contributed by atoms with E-state index in [-0.39, 0.29) is 11.6 Å². The number of hydrogen-bond acceptors (Lipinski definition) is 5. The summed E-state index contributed by atoms with van der Waals surface area (Å²) in [5, 5.41) is 21.0. The summed E-state index contributed by atoms with van der Waals surface area (Å²) in [4.78, 5) is 25.8. The summed E-state index contributed by atoms with van der Waals surface area (Å²) in [6, 6.07) is 6.08. The van der Waals surface area contributed by atoms with Crippen LogP contribution in [0.25, 0.3) is 0 Å². The second-order valence-electron chi connectivity index (χ2n) is 5.40. The molecule has 1 N–H and O–H groups in total. The van der Waals surface area contributed by atoms with Crippen LogP contribution in [0.3, 0.4) is 0 Å². The van der Waals surface area contributed by atoms with Crippen LogP contribution >= 0.6 is 0 Å². The van der Waals surface area contributed by atoms with Gasteiger partial charge < -0.3 is 10.0 Å². The van der Waals surface area contributed by atoms with E-state index in [0.29, 0.717) is 44.7 Å². The fraction of sp³-hybridized carbons (Fsp3) is 0.533. The minimum atomic E-state index is -0.770. The van der Waals surface area contributed by atoms with Crippen LogP contribution in [0, 0.1) is 10.1 Å². The number of amides is 1. The van der Waals surface area contributed by atoms with E-state index in [1.165, 1.54) is 12.1 Å². The third-order valence-electron chi connectivity index (χ3n) is 3.92. The fourth-order valence-corrected chi connectivity index (χ4v) is 2.60. The first kappa shape index (κ1) is 16.4. The highest BCUT2D eigenvalue weighted by atomic mass is 16.6. The zero-order chi connectivity index (χ0) is 16.1. The molecule has 1 heterocycles. The molecule has 0 saturated carbocycles. The van der Waals surface area contributed by atoms with Crippen molar-refractivity contribution in [3.8, 4) is 0 Å². The van der Waals surface area contributed by atoms with Crippen molar-refractivity contribution in [1.29, 1.82) is 0 Å². The highest BCUT2D eigenvalue weighted by Crippen LogP contribution is 2.20. The van der Waals surface area contributed by atoms with Crippen LogP contribution in [0.1, 0.15) is 25.0 Å². The van der Waals surface area contributed by atoms with Crippen molar-refractivity contribution >= 4 is 11.6 Å². The molecule has 1 fully saturated rings. The Bertz CT molecular complexity index is 541. The summed E-state index contributed by atoms with van der Waals surface area (Å²) in [6.45, 7) is 4.99. The van der Waals surface area contributed by atoms with Crippen molar-refractivity contribution in [2.75, 3.05) is 32.7 Å². The number of aliphatic hydroxyl groups excluding tert-OH is 1. The Labute approximate surface area is 129 Å². The molecular weight excluding hydrogens is 286 g/mol. The molecule has 1 aliphatic rings. The molecule has 1 aromatic carbocycles. The van der Waals surface area contributed by atoms with Gasteiger partial charge in [0.2, 0.25) is 5.91 Å². The number of rotatable bonds is 5. The second-order valence-corrected chi connectivity index (χ2v) is 5.40. The van der Waals surface area contributed by atoms with E-state index in [4.69, 9.17) is 0 Å². The Morgan fingerprint density at radius 1 is 1.36 bits per heavy atom. The molecule has 0 bridgehead atoms. The summed E-state index contributed by atoms with van der Waals surface area (Å²) in [5.41, 5.74) is 0.524. The molecule has 1 aliphatic heterocycles. The number of carbonyl (C=O) groups is 1. The molecule has 1 atom stereocenters. The van der Waals surface area contributed by atoms with E-state index in [0.717, 1.165) is 0 Å². The average molecular weight is 307 g/mol. The predicted molar refractivity (Wildman–Crippen MR) is 81.4 cm³/mol. The monoisotopic (exact) mass is 307 g/mol. The van der Waals surface area contributed by atoms with Crippen LogP contribution in [0.2, 0.25) is 0 Å². The number of non-ortho nitro benzene ring substituents is 1. The molecule has 0 aliphatic carbocycles. The van der Waals surface area contributed by atoms with Crippen molar-refractivity contribution in [2.45, 2.75) is 19.4 Å². The zero-order valence-corrected chi connectivity index (χ0v) is 12.6. The van der Waals surface area contributed by atoms with Crippen molar-refractivity contribution in [1.82, 2.24) is 9.80 Å². The summed E-state index contributed by atoms with van der Waals surface area (Å²) in [7, 11) is 0. The van der Waals surface area contributed by atoms with E-state index >= 15 is 0 Å². The lowest BCUT2D eigenvalue weighted by molar-refractivity contribution is -0.385. The Kier molecular flexibility index (Phi) is 5.46. The van der Waals surface area contributed by atoms with Crippen LogP contribution in [0.5, 0.6) is 0 Å². The first-order chi connectivity index (χ1) is 10.5. The molecule has 120 valence electrons. The number of carbonyl (C=O) groups excluding carboxylic acids is 1. The molecule has 1 aromatic rings. The Morgan fingerprint density at radius 3 is 2.64 bits per heavy atom. The minimum Gasteiger partial charge on any atom is -0.387 e. The number of nitro benzene ring substituents is 1. The molecule has 0 aromatic heterocycles. The molecule has 2 rings (SSSR count). The Balaban J connectivity index is 1.90. The lowest BCUT2D eigenvalue weighted by Crippen LogP contribution is -2.49. The summed E-state index contributed by atoms with van der Waals surface area (Å²) in [6.07, 6.45) is -0.260. The molecule has 7 heteroatoms. The van der Waals surface area contributed by atoms with Gasteiger partial charge in [-0.15, -0.1) is 0 Å². The van der Waals surface area contributed by atoms with Crippen LogP contribution in [-0.4, -0.2) is 58.5 Å². The average Bonchev–Trinajstić information content (AvgIpc) is 2.54. The normalized spacial score (nSPS) is 17.3. The first-order valence-corrected chi connectivity index (χ1v) is 7.43. The zero-order valence-electron chi connectivity index (χ0n) is 12.6. The maximum atomic E-state index is 11.6. The fourth-order valence-electron chi connectivity index (χ4n) is 2.60. The van der Waals surface area contributed by atoms with E-state index < -0.39 is 11.0 Å². The number of hydrogen-bond donors (Lipinski definition) is 1. The summed E-state index contributed by atoms with van der Waals surface area (Å²) >= 11 is 0. The number of aliphatic hydroxyl groups is 1. The molecular formula is C15H21N3O4. The second kappa shape index (κ2) is 7.33. The van der Waals surface area contributed by atoms with Gasteiger partial charge in [0.25, 0.3) is 5.69 Å². The van der Waals surface area contributed by atoms with Gasteiger partial charge in [0.15, 0.2) is 0 Å². The molecule has 0 spiro atoms. The van der Waals surface area contributed by atoms with Gasteiger partial charge in [0.1, 0.15) is 0 Å². The molecule has 1 saturated heterocycles. The minimum absolute atomic E-state index is 0.0186. The van der Waals surface area contributed by atoms with Gasteiger partial charge in [-0.05, 0) is 5.56 Å². The lowest BCUT2D eigenvalue weighted by Gasteiger charge is -2.35. The lowest BCUT2D eigenvalue weighted by atomic mass is 10.1. The maximum Gasteiger partial charge on any atom is 0.269 e. The van der Waals surface area contributed by atoms with Gasteiger partial charge in [-0.1, -0.05) is 19.1 Å². The SMILES string of the molecule is CCC(=O)N1CCN(C[C@@H](O)c2cccc([N+](=O)[O-])c2)CC1. The van der Waals surface area contributed by atoms with Gasteiger partial charge >= 0.3 is 0 Å². The van der Waals surface area contributed by atoms with E-state index in [1.54, 1.807) is 12.1 Å². The topological polar surface area (TPSA) is 86.9 Å². The summed E-state index contributed by atoms with van der Waals surface area (Å²) < 4.78 is 0. The van der Waals surface area contributed by atoms with Gasteiger partial charge in [0.05, 0.1) is 11.0 Å². The van der Waals surface area contributed by atoms with Crippen molar-refractivity contribution in [2.24, 2.45) is 0 Å². The smallest absolute Gasteiger partial charge is 0.269 e. The summed E-state index contributed by atoms with van der Waals surface area (Å²) in [5.74, 6) is 0.152. The van der Waals surface area contributed by atoms with E-state index in [1.807, 2.05) is 11.8 Å². The largest absolute Gasteiger partial charge is 0.387 e. The van der Waals surface area contributed by atoms with Gasteiger partial charge in [-0.25, -0.2) is 0 Å². The third kappa shape index (κ3) is 4.02. The number of nitro groups is 1. The first-order valence-electron chi connectivity index (χ1n) is 7.43. The van der Waals surface area contributed by atoms with Crippen LogP contribution < -0.4 is 0 Å². The van der Waals surface area contributed by atoms with Gasteiger partial charge in [-0.3, -0.25) is 19.8 Å². The Hall–Kier alpha value is -1.99. The number of benzene rings is 1.